The van der Waals surface area contributed by atoms with Gasteiger partial charge in [-0.2, -0.15) is 0 Å². The van der Waals surface area contributed by atoms with Crippen molar-refractivity contribution >= 4 is 0 Å². The second kappa shape index (κ2) is 9.30. The fourth-order valence-electron chi connectivity index (χ4n) is 2.66. The van der Waals surface area contributed by atoms with Gasteiger partial charge in [0.05, 0.1) is 26.9 Å². The Hall–Kier alpha value is -1.46. The summed E-state index contributed by atoms with van der Waals surface area (Å²) in [6, 6.07) is 3.78. The molecule has 1 rings (SSSR count). The van der Waals surface area contributed by atoms with E-state index in [4.69, 9.17) is 14.2 Å². The van der Waals surface area contributed by atoms with Crippen LogP contribution in [-0.4, -0.2) is 39.0 Å². The second-order valence-electron chi connectivity index (χ2n) is 8.03. The first kappa shape index (κ1) is 21.6. The molecule has 1 aromatic carbocycles. The van der Waals surface area contributed by atoms with Gasteiger partial charge in [-0.3, -0.25) is 0 Å². The molecule has 0 aromatic heterocycles. The standard InChI is InChI=1S/C20H36N2O3/c1-19(2,3)21-11-9-10-20(4,5)22-14-16-17(24-7)12-15(23-6)13-18(16)25-8/h12-13,21-22H,9-11,14H2,1-8H3. The average Bonchev–Trinajstić information content (AvgIpc) is 2.55. The molecule has 5 heteroatoms. The first-order valence-electron chi connectivity index (χ1n) is 8.91. The lowest BCUT2D eigenvalue weighted by molar-refractivity contribution is 0.323. The van der Waals surface area contributed by atoms with Crippen LogP contribution in [-0.2, 0) is 6.54 Å². The zero-order chi connectivity index (χ0) is 19.1. The van der Waals surface area contributed by atoms with Crippen molar-refractivity contribution in [2.75, 3.05) is 27.9 Å². The van der Waals surface area contributed by atoms with E-state index < -0.39 is 0 Å². The molecule has 0 heterocycles. The highest BCUT2D eigenvalue weighted by Gasteiger charge is 2.20. The van der Waals surface area contributed by atoms with Crippen LogP contribution in [0.4, 0.5) is 0 Å². The fourth-order valence-corrected chi connectivity index (χ4v) is 2.66. The summed E-state index contributed by atoms with van der Waals surface area (Å²) in [5.74, 6) is 2.27. The minimum Gasteiger partial charge on any atom is -0.496 e. The molecular formula is C20H36N2O3. The number of hydrogen-bond acceptors (Lipinski definition) is 5. The molecule has 0 atom stereocenters. The summed E-state index contributed by atoms with van der Waals surface area (Å²) in [5.41, 5.74) is 1.20. The topological polar surface area (TPSA) is 51.8 Å². The maximum atomic E-state index is 5.52. The lowest BCUT2D eigenvalue weighted by Crippen LogP contribution is -2.41. The van der Waals surface area contributed by atoms with Gasteiger partial charge in [0.15, 0.2) is 0 Å². The van der Waals surface area contributed by atoms with Gasteiger partial charge < -0.3 is 24.8 Å². The molecule has 0 aliphatic carbocycles. The van der Waals surface area contributed by atoms with Gasteiger partial charge in [-0.05, 0) is 54.0 Å². The van der Waals surface area contributed by atoms with E-state index in [1.165, 1.54) is 0 Å². The Morgan fingerprint density at radius 1 is 0.840 bits per heavy atom. The van der Waals surface area contributed by atoms with Gasteiger partial charge in [-0.15, -0.1) is 0 Å². The first-order valence-corrected chi connectivity index (χ1v) is 8.91. The molecule has 0 radical (unpaired) electrons. The SMILES string of the molecule is COc1cc(OC)c(CNC(C)(C)CCCNC(C)(C)C)c(OC)c1. The maximum absolute atomic E-state index is 5.52. The number of benzene rings is 1. The minimum atomic E-state index is 0.0233. The third-order valence-corrected chi connectivity index (χ3v) is 4.19. The predicted molar refractivity (Wildman–Crippen MR) is 104 cm³/mol. The van der Waals surface area contributed by atoms with E-state index in [9.17, 15) is 0 Å². The summed E-state index contributed by atoms with van der Waals surface area (Å²) in [4.78, 5) is 0. The van der Waals surface area contributed by atoms with Crippen molar-refractivity contribution in [3.63, 3.8) is 0 Å². The van der Waals surface area contributed by atoms with E-state index in [-0.39, 0.29) is 11.1 Å². The van der Waals surface area contributed by atoms with Crippen LogP contribution in [0.3, 0.4) is 0 Å². The summed E-state index contributed by atoms with van der Waals surface area (Å²) in [5, 5.41) is 7.17. The van der Waals surface area contributed by atoms with Crippen LogP contribution < -0.4 is 24.8 Å². The van der Waals surface area contributed by atoms with Crippen molar-refractivity contribution in [2.45, 2.75) is 65.1 Å². The molecule has 0 fully saturated rings. The Bertz CT molecular complexity index is 511. The van der Waals surface area contributed by atoms with Crippen molar-refractivity contribution in [2.24, 2.45) is 0 Å². The Morgan fingerprint density at radius 3 is 1.84 bits per heavy atom. The smallest absolute Gasteiger partial charge is 0.130 e. The van der Waals surface area contributed by atoms with Crippen molar-refractivity contribution in [3.05, 3.63) is 17.7 Å². The number of nitrogens with one attached hydrogen (secondary N) is 2. The molecule has 0 unspecified atom stereocenters. The largest absolute Gasteiger partial charge is 0.496 e. The summed E-state index contributed by atoms with van der Waals surface area (Å²) in [6.45, 7) is 12.7. The van der Waals surface area contributed by atoms with Gasteiger partial charge in [0.25, 0.3) is 0 Å². The highest BCUT2D eigenvalue weighted by molar-refractivity contribution is 5.50. The van der Waals surface area contributed by atoms with Crippen LogP contribution in [0.15, 0.2) is 12.1 Å². The summed E-state index contributed by atoms with van der Waals surface area (Å²) >= 11 is 0. The molecule has 0 saturated carbocycles. The van der Waals surface area contributed by atoms with E-state index in [0.717, 1.165) is 42.2 Å². The fraction of sp³-hybridized carbons (Fsp3) is 0.700. The van der Waals surface area contributed by atoms with Crippen LogP contribution in [0, 0.1) is 0 Å². The van der Waals surface area contributed by atoms with E-state index in [1.54, 1.807) is 21.3 Å². The lowest BCUT2D eigenvalue weighted by atomic mass is 9.97. The van der Waals surface area contributed by atoms with Gasteiger partial charge in [0.2, 0.25) is 0 Å². The number of rotatable bonds is 10. The van der Waals surface area contributed by atoms with Crippen LogP contribution >= 0.6 is 0 Å². The molecule has 0 amide bonds. The van der Waals surface area contributed by atoms with Gasteiger partial charge >= 0.3 is 0 Å². The highest BCUT2D eigenvalue weighted by Crippen LogP contribution is 2.34. The molecule has 0 spiro atoms. The van der Waals surface area contributed by atoms with Crippen LogP contribution in [0.1, 0.15) is 53.0 Å². The molecule has 0 bridgehead atoms. The van der Waals surface area contributed by atoms with Gasteiger partial charge in [-0.25, -0.2) is 0 Å². The Kier molecular flexibility index (Phi) is 8.03. The Morgan fingerprint density at radius 2 is 1.40 bits per heavy atom. The average molecular weight is 353 g/mol. The number of hydrogen-bond donors (Lipinski definition) is 2. The van der Waals surface area contributed by atoms with Crippen molar-refractivity contribution in [3.8, 4) is 17.2 Å². The molecule has 0 saturated heterocycles. The normalized spacial score (nSPS) is 12.2. The summed E-state index contributed by atoms with van der Waals surface area (Å²) in [7, 11) is 4.98. The molecule has 2 N–H and O–H groups in total. The van der Waals surface area contributed by atoms with E-state index in [2.05, 4.69) is 45.3 Å². The molecule has 0 aliphatic rings. The van der Waals surface area contributed by atoms with E-state index >= 15 is 0 Å². The van der Waals surface area contributed by atoms with Crippen molar-refractivity contribution in [1.82, 2.24) is 10.6 Å². The van der Waals surface area contributed by atoms with Gasteiger partial charge in [0.1, 0.15) is 17.2 Å². The Balaban J connectivity index is 2.69. The highest BCUT2D eigenvalue weighted by atomic mass is 16.5. The maximum Gasteiger partial charge on any atom is 0.130 e. The molecule has 1 aromatic rings. The van der Waals surface area contributed by atoms with E-state index in [0.29, 0.717) is 6.54 Å². The van der Waals surface area contributed by atoms with E-state index in [1.807, 2.05) is 12.1 Å². The van der Waals surface area contributed by atoms with Crippen LogP contribution in [0.25, 0.3) is 0 Å². The third kappa shape index (κ3) is 7.53. The predicted octanol–water partition coefficient (Wildman–Crippen LogP) is 3.75. The monoisotopic (exact) mass is 352 g/mol. The molecule has 5 nitrogen and oxygen atoms in total. The Labute approximate surface area is 153 Å². The van der Waals surface area contributed by atoms with Gasteiger partial charge in [0, 0.05) is 29.8 Å². The minimum absolute atomic E-state index is 0.0233. The third-order valence-electron chi connectivity index (χ3n) is 4.19. The zero-order valence-electron chi connectivity index (χ0n) is 17.2. The van der Waals surface area contributed by atoms with Gasteiger partial charge in [-0.1, -0.05) is 0 Å². The first-order chi connectivity index (χ1) is 11.6. The summed E-state index contributed by atoms with van der Waals surface area (Å²) in [6.07, 6.45) is 2.20. The molecule has 25 heavy (non-hydrogen) atoms. The van der Waals surface area contributed by atoms with Crippen molar-refractivity contribution in [1.29, 1.82) is 0 Å². The molecular weight excluding hydrogens is 316 g/mol. The summed E-state index contributed by atoms with van der Waals surface area (Å²) < 4.78 is 16.3. The number of methoxy groups -OCH3 is 3. The zero-order valence-corrected chi connectivity index (χ0v) is 17.2. The molecule has 144 valence electrons. The number of ether oxygens (including phenoxy) is 3. The quantitative estimate of drug-likeness (QED) is 0.628. The van der Waals surface area contributed by atoms with Crippen molar-refractivity contribution < 1.29 is 14.2 Å². The van der Waals surface area contributed by atoms with Crippen LogP contribution in [0.2, 0.25) is 0 Å². The molecule has 0 aliphatic heterocycles. The van der Waals surface area contributed by atoms with Crippen LogP contribution in [0.5, 0.6) is 17.2 Å². The lowest BCUT2D eigenvalue weighted by Gasteiger charge is -2.28. The second-order valence-corrected chi connectivity index (χ2v) is 8.03.